The van der Waals surface area contributed by atoms with Gasteiger partial charge in [0.2, 0.25) is 11.8 Å². The maximum absolute atomic E-state index is 12.2. The van der Waals surface area contributed by atoms with Crippen molar-refractivity contribution in [3.05, 3.63) is 0 Å². The number of hydrogen-bond acceptors (Lipinski definition) is 12. The molecular formula is C52H88N2Na2O12S2. The third-order valence-electron chi connectivity index (χ3n) is 21.8. The fourth-order valence-electron chi connectivity index (χ4n) is 18.3. The van der Waals surface area contributed by atoms with Gasteiger partial charge < -0.3 is 40.2 Å². The van der Waals surface area contributed by atoms with E-state index < -0.39 is 31.7 Å². The molecule has 0 heterocycles. The van der Waals surface area contributed by atoms with Gasteiger partial charge in [-0.15, -0.1) is 0 Å². The zero-order valence-corrected chi connectivity index (χ0v) is 49.7. The Morgan fingerprint density at radius 2 is 0.857 bits per heavy atom. The Morgan fingerprint density at radius 3 is 1.20 bits per heavy atom. The molecule has 0 aromatic heterocycles. The first kappa shape index (κ1) is 61.5. The van der Waals surface area contributed by atoms with Gasteiger partial charge in [-0.05, 0) is 208 Å². The fraction of sp³-hybridized carbons (Fsp3) is 0.962. The van der Waals surface area contributed by atoms with E-state index in [0.717, 1.165) is 103 Å². The molecule has 8 aliphatic carbocycles. The molecule has 0 aliphatic heterocycles. The number of hydrogen-bond donors (Lipinski definition) is 6. The van der Waals surface area contributed by atoms with Gasteiger partial charge in [0.15, 0.2) is 0 Å². The van der Waals surface area contributed by atoms with E-state index in [2.05, 4.69) is 52.2 Å². The van der Waals surface area contributed by atoms with Crippen LogP contribution in [0.15, 0.2) is 0 Å². The minimum Gasteiger partial charge on any atom is -0.748 e. The van der Waals surface area contributed by atoms with Gasteiger partial charge >= 0.3 is 59.1 Å². The van der Waals surface area contributed by atoms with E-state index in [-0.39, 0.29) is 130 Å². The summed E-state index contributed by atoms with van der Waals surface area (Å²) >= 11 is 0. The molecule has 8 unspecified atom stereocenters. The van der Waals surface area contributed by atoms with Crippen molar-refractivity contribution in [2.45, 2.75) is 194 Å². The van der Waals surface area contributed by atoms with Crippen LogP contribution in [0.4, 0.5) is 0 Å². The van der Waals surface area contributed by atoms with Crippen LogP contribution in [0, 0.1) is 92.7 Å². The number of rotatable bonds is 14. The molecule has 14 nitrogen and oxygen atoms in total. The molecule has 0 saturated heterocycles. The van der Waals surface area contributed by atoms with Gasteiger partial charge in [0.1, 0.15) is 0 Å². The summed E-state index contributed by atoms with van der Waals surface area (Å²) in [5.41, 5.74) is 0.797. The summed E-state index contributed by atoms with van der Waals surface area (Å²) < 4.78 is 64.3. The smallest absolute Gasteiger partial charge is 0.748 e. The van der Waals surface area contributed by atoms with Gasteiger partial charge in [-0.3, -0.25) is 9.59 Å². The molecule has 8 rings (SSSR count). The summed E-state index contributed by atoms with van der Waals surface area (Å²) in [6.45, 7) is 13.9. The van der Waals surface area contributed by atoms with E-state index in [9.17, 15) is 56.0 Å². The average molecular weight is 1040 g/mol. The van der Waals surface area contributed by atoms with Crippen molar-refractivity contribution < 1.29 is 115 Å². The molecule has 0 bridgehead atoms. The maximum Gasteiger partial charge on any atom is 1.00 e. The van der Waals surface area contributed by atoms with Crippen LogP contribution < -0.4 is 69.7 Å². The molecule has 2 amide bonds. The Balaban J connectivity index is 0.000000254. The third kappa shape index (κ3) is 13.1. The van der Waals surface area contributed by atoms with Crippen molar-refractivity contribution >= 4 is 32.1 Å². The minimum absolute atomic E-state index is 0. The van der Waals surface area contributed by atoms with E-state index in [0.29, 0.717) is 83.9 Å². The SMILES string of the molecule is C[C@H](CCC(=O)NCCS(=O)(=O)[O-])[C@H]1CCC2C3C(CC[C@@]21C)[C@@]1(C)CC[C@@H](O)CC1C[C@H]3O.C[C@H](CCC(=O)NCCS(=O)(=O)[O-])[C@H]1CCC2C3C(CC[C@@]21C)[C@@]1(C)CC[C@@H](O)CC1C[C@H]3O.[Na+].[Na+]. The van der Waals surface area contributed by atoms with Gasteiger partial charge in [-0.1, -0.05) is 41.5 Å². The average Bonchev–Trinajstić information content (AvgIpc) is 3.79. The summed E-state index contributed by atoms with van der Waals surface area (Å²) in [4.78, 5) is 24.4. The van der Waals surface area contributed by atoms with Crippen LogP contribution in [0.1, 0.15) is 170 Å². The second-order valence-electron chi connectivity index (χ2n) is 25.2. The molecule has 0 spiro atoms. The quantitative estimate of drug-likeness (QED) is 0.100. The first-order chi connectivity index (χ1) is 31.7. The van der Waals surface area contributed by atoms with Crippen molar-refractivity contribution in [3.63, 3.8) is 0 Å². The first-order valence-corrected chi connectivity index (χ1v) is 30.0. The van der Waals surface area contributed by atoms with Crippen molar-refractivity contribution in [2.75, 3.05) is 24.6 Å². The number of aliphatic hydroxyl groups excluding tert-OH is 4. The Labute approximate surface area is 465 Å². The molecule has 392 valence electrons. The Hall–Kier alpha value is 0.600. The summed E-state index contributed by atoms with van der Waals surface area (Å²) in [7, 11) is -8.62. The third-order valence-corrected chi connectivity index (χ3v) is 23.2. The molecular weight excluding hydrogens is 955 g/mol. The number of aliphatic hydroxyl groups is 4. The van der Waals surface area contributed by atoms with E-state index in [1.165, 1.54) is 12.8 Å². The predicted octanol–water partition coefficient (Wildman–Crippen LogP) is 0.117. The second-order valence-corrected chi connectivity index (χ2v) is 28.2. The van der Waals surface area contributed by atoms with E-state index in [1.807, 2.05) is 0 Å². The summed E-state index contributed by atoms with van der Waals surface area (Å²) in [6.07, 6.45) is 17.6. The maximum atomic E-state index is 12.2. The van der Waals surface area contributed by atoms with Gasteiger partial charge in [0.05, 0.1) is 56.2 Å². The van der Waals surface area contributed by atoms with E-state index >= 15 is 0 Å². The van der Waals surface area contributed by atoms with Crippen LogP contribution in [0.2, 0.25) is 0 Å². The Bertz CT molecular complexity index is 1880. The molecule has 0 aromatic carbocycles. The number of fused-ring (bicyclic) bond motifs is 10. The van der Waals surface area contributed by atoms with Gasteiger partial charge in [-0.2, -0.15) is 0 Å². The normalized spacial score (nSPS) is 43.8. The number of nitrogens with one attached hydrogen (secondary N) is 2. The molecule has 70 heavy (non-hydrogen) atoms. The van der Waals surface area contributed by atoms with Gasteiger partial charge in [0.25, 0.3) is 0 Å². The predicted molar refractivity (Wildman–Crippen MR) is 257 cm³/mol. The zero-order chi connectivity index (χ0) is 49.8. The summed E-state index contributed by atoms with van der Waals surface area (Å²) in [5, 5.41) is 48.3. The van der Waals surface area contributed by atoms with Gasteiger partial charge in [0, 0.05) is 25.9 Å². The van der Waals surface area contributed by atoms with Crippen LogP contribution in [-0.4, -0.2) is 107 Å². The number of carbonyl (C=O) groups is 2. The Kier molecular flexibility index (Phi) is 21.1. The molecule has 8 aliphatic rings. The van der Waals surface area contributed by atoms with Crippen LogP contribution in [-0.2, 0) is 29.8 Å². The molecule has 6 N–H and O–H groups in total. The second kappa shape index (κ2) is 24.1. The largest absolute Gasteiger partial charge is 1.00 e. The molecule has 0 aromatic rings. The van der Waals surface area contributed by atoms with Crippen molar-refractivity contribution in [2.24, 2.45) is 92.7 Å². The number of amides is 2. The van der Waals surface area contributed by atoms with Crippen molar-refractivity contribution in [1.29, 1.82) is 0 Å². The molecule has 8 saturated carbocycles. The minimum atomic E-state index is -4.31. The number of carbonyl (C=O) groups excluding carboxylic acids is 2. The van der Waals surface area contributed by atoms with E-state index in [1.54, 1.807) is 0 Å². The van der Waals surface area contributed by atoms with E-state index in [4.69, 9.17) is 0 Å². The van der Waals surface area contributed by atoms with Crippen LogP contribution in [0.3, 0.4) is 0 Å². The van der Waals surface area contributed by atoms with Crippen molar-refractivity contribution in [3.8, 4) is 0 Å². The Morgan fingerprint density at radius 1 is 0.529 bits per heavy atom. The monoisotopic (exact) mass is 1040 g/mol. The van der Waals surface area contributed by atoms with Gasteiger partial charge in [-0.25, -0.2) is 16.8 Å². The fourth-order valence-corrected chi connectivity index (χ4v) is 19.0. The van der Waals surface area contributed by atoms with Crippen molar-refractivity contribution in [1.82, 2.24) is 10.6 Å². The topological polar surface area (TPSA) is 254 Å². The standard InChI is InChI=1S/2C26H45NO6S.2Na/c2*1-16(4-7-23(30)27-12-13-34(31,32)33)19-5-6-20-24-21(9-11-26(19,20)3)25(2)10-8-18(28)14-17(25)15-22(24)29;;/h2*16-22,24,28-29H,4-15H2,1-3H3,(H,27,30)(H,31,32,33);;/q;;2*+1/p-2/t2*16-,17?,18-,19-,20?,21?,22-,24?,25+,26-;;/m11../s1. The summed E-state index contributed by atoms with van der Waals surface area (Å²) in [5.74, 6) is 3.83. The van der Waals surface area contributed by atoms with Crippen LogP contribution >= 0.6 is 0 Å². The molecule has 18 heteroatoms. The summed E-state index contributed by atoms with van der Waals surface area (Å²) in [6, 6.07) is 0. The molecule has 20 atom stereocenters. The zero-order valence-electron chi connectivity index (χ0n) is 44.1. The van der Waals surface area contributed by atoms with Crippen LogP contribution in [0.25, 0.3) is 0 Å². The van der Waals surface area contributed by atoms with Crippen LogP contribution in [0.5, 0.6) is 0 Å². The molecule has 8 fully saturated rings. The molecule has 0 radical (unpaired) electrons. The first-order valence-electron chi connectivity index (χ1n) is 26.8.